The van der Waals surface area contributed by atoms with E-state index in [1.165, 1.54) is 23.1 Å². The first-order chi connectivity index (χ1) is 9.86. The maximum atomic E-state index is 12.3. The lowest BCUT2D eigenvalue weighted by Crippen LogP contribution is -2.40. The van der Waals surface area contributed by atoms with Gasteiger partial charge < -0.3 is 10.0 Å². The highest BCUT2D eigenvalue weighted by molar-refractivity contribution is 5.81. The van der Waals surface area contributed by atoms with Crippen molar-refractivity contribution in [3.63, 3.8) is 0 Å². The third-order valence-corrected chi connectivity index (χ3v) is 3.19. The molecule has 1 rings (SSSR count). The van der Waals surface area contributed by atoms with Gasteiger partial charge >= 0.3 is 5.97 Å². The summed E-state index contributed by atoms with van der Waals surface area (Å²) < 4.78 is 0. The molecule has 0 heterocycles. The number of carboxylic acid groups (broad SMARTS) is 1. The molecular formula is C14H18N2O5. The van der Waals surface area contributed by atoms with Gasteiger partial charge in [0.25, 0.3) is 5.69 Å². The molecule has 1 amide bonds. The van der Waals surface area contributed by atoms with Crippen LogP contribution in [0, 0.1) is 10.1 Å². The van der Waals surface area contributed by atoms with Crippen molar-refractivity contribution in [2.24, 2.45) is 0 Å². The minimum Gasteiger partial charge on any atom is -0.481 e. The zero-order valence-corrected chi connectivity index (χ0v) is 12.0. The van der Waals surface area contributed by atoms with Crippen molar-refractivity contribution in [3.8, 4) is 0 Å². The predicted octanol–water partition coefficient (Wildman–Crippen LogP) is 1.85. The van der Waals surface area contributed by atoms with E-state index in [1.807, 2.05) is 0 Å². The van der Waals surface area contributed by atoms with Gasteiger partial charge in [-0.3, -0.25) is 19.7 Å². The zero-order chi connectivity index (χ0) is 16.0. The Morgan fingerprint density at radius 3 is 2.52 bits per heavy atom. The SMILES string of the molecule is CCN(C(=O)Cc1ccccc1[N+](=O)[O-])C(C)CC(=O)O. The number of likely N-dealkylation sites (N-methyl/N-ethyl adjacent to an activating group) is 1. The summed E-state index contributed by atoms with van der Waals surface area (Å²) in [6.45, 7) is 3.75. The van der Waals surface area contributed by atoms with Crippen LogP contribution < -0.4 is 0 Å². The average Bonchev–Trinajstić information content (AvgIpc) is 2.38. The lowest BCUT2D eigenvalue weighted by Gasteiger charge is -2.27. The van der Waals surface area contributed by atoms with Crippen molar-refractivity contribution in [3.05, 3.63) is 39.9 Å². The quantitative estimate of drug-likeness (QED) is 0.611. The van der Waals surface area contributed by atoms with Gasteiger partial charge in [0.15, 0.2) is 0 Å². The topological polar surface area (TPSA) is 101 Å². The first kappa shape index (κ1) is 16.6. The molecule has 0 radical (unpaired) electrons. The highest BCUT2D eigenvalue weighted by atomic mass is 16.6. The number of rotatable bonds is 7. The first-order valence-corrected chi connectivity index (χ1v) is 6.60. The van der Waals surface area contributed by atoms with Crippen LogP contribution in [-0.2, 0) is 16.0 Å². The Balaban J connectivity index is 2.88. The van der Waals surface area contributed by atoms with E-state index in [0.29, 0.717) is 12.1 Å². The molecule has 7 nitrogen and oxygen atoms in total. The third-order valence-electron chi connectivity index (χ3n) is 3.19. The first-order valence-electron chi connectivity index (χ1n) is 6.60. The van der Waals surface area contributed by atoms with Crippen molar-refractivity contribution < 1.29 is 19.6 Å². The molecule has 1 aromatic rings. The molecular weight excluding hydrogens is 276 g/mol. The van der Waals surface area contributed by atoms with Crippen LogP contribution in [-0.4, -0.2) is 39.4 Å². The number of benzene rings is 1. The van der Waals surface area contributed by atoms with Crippen molar-refractivity contribution >= 4 is 17.6 Å². The molecule has 1 N–H and O–H groups in total. The minimum absolute atomic E-state index is 0.104. The molecule has 7 heteroatoms. The molecule has 0 aromatic heterocycles. The number of hydrogen-bond acceptors (Lipinski definition) is 4. The maximum absolute atomic E-state index is 12.3. The largest absolute Gasteiger partial charge is 0.481 e. The van der Waals surface area contributed by atoms with E-state index in [4.69, 9.17) is 5.11 Å². The van der Waals surface area contributed by atoms with Crippen molar-refractivity contribution in [1.29, 1.82) is 0 Å². The van der Waals surface area contributed by atoms with Gasteiger partial charge in [0.05, 0.1) is 17.8 Å². The number of amides is 1. The zero-order valence-electron chi connectivity index (χ0n) is 12.0. The number of carbonyl (C=O) groups is 2. The third kappa shape index (κ3) is 4.55. The van der Waals surface area contributed by atoms with Gasteiger partial charge in [-0.15, -0.1) is 0 Å². The highest BCUT2D eigenvalue weighted by Gasteiger charge is 2.23. The number of hydrogen-bond donors (Lipinski definition) is 1. The highest BCUT2D eigenvalue weighted by Crippen LogP contribution is 2.19. The second-order valence-corrected chi connectivity index (χ2v) is 4.69. The molecule has 0 fully saturated rings. The van der Waals surface area contributed by atoms with Crippen molar-refractivity contribution in [2.75, 3.05) is 6.54 Å². The van der Waals surface area contributed by atoms with E-state index in [2.05, 4.69) is 0 Å². The van der Waals surface area contributed by atoms with Crippen LogP contribution in [0.5, 0.6) is 0 Å². The summed E-state index contributed by atoms with van der Waals surface area (Å²) in [6, 6.07) is 5.59. The van der Waals surface area contributed by atoms with Crippen LogP contribution in [0.3, 0.4) is 0 Å². The predicted molar refractivity (Wildman–Crippen MR) is 75.9 cm³/mol. The molecule has 1 atom stereocenters. The lowest BCUT2D eigenvalue weighted by atomic mass is 10.1. The average molecular weight is 294 g/mol. The molecule has 0 saturated carbocycles. The second kappa shape index (κ2) is 7.37. The van der Waals surface area contributed by atoms with Crippen molar-refractivity contribution in [1.82, 2.24) is 4.90 Å². The van der Waals surface area contributed by atoms with Gasteiger partial charge in [-0.2, -0.15) is 0 Å². The molecule has 21 heavy (non-hydrogen) atoms. The summed E-state index contributed by atoms with van der Waals surface area (Å²) in [4.78, 5) is 34.8. The summed E-state index contributed by atoms with van der Waals surface area (Å²) in [5, 5.41) is 19.7. The van der Waals surface area contributed by atoms with Crippen molar-refractivity contribution in [2.45, 2.75) is 32.7 Å². The fourth-order valence-electron chi connectivity index (χ4n) is 2.20. The molecule has 114 valence electrons. The van der Waals surface area contributed by atoms with Crippen LogP contribution in [0.1, 0.15) is 25.8 Å². The summed E-state index contributed by atoms with van der Waals surface area (Å²) in [5.41, 5.74) is 0.223. The number of nitro benzene ring substituents is 1. The molecule has 1 unspecified atom stereocenters. The van der Waals surface area contributed by atoms with E-state index in [9.17, 15) is 19.7 Å². The molecule has 0 saturated heterocycles. The Morgan fingerprint density at radius 1 is 1.38 bits per heavy atom. The number of nitro groups is 1. The number of carbonyl (C=O) groups excluding carboxylic acids is 1. The summed E-state index contributed by atoms with van der Waals surface area (Å²) in [5.74, 6) is -1.31. The number of carboxylic acids is 1. The van der Waals surface area contributed by atoms with E-state index >= 15 is 0 Å². The Hall–Kier alpha value is -2.44. The van der Waals surface area contributed by atoms with Gasteiger partial charge in [0.1, 0.15) is 0 Å². The fraction of sp³-hybridized carbons (Fsp3) is 0.429. The normalized spacial score (nSPS) is 11.7. The Morgan fingerprint density at radius 2 is 2.00 bits per heavy atom. The summed E-state index contributed by atoms with van der Waals surface area (Å²) in [6.07, 6.45) is -0.272. The number of para-hydroxylation sites is 1. The Bertz CT molecular complexity index is 544. The molecule has 0 bridgehead atoms. The van der Waals surface area contributed by atoms with Crippen LogP contribution in [0.15, 0.2) is 24.3 Å². The molecule has 0 aliphatic carbocycles. The van der Waals surface area contributed by atoms with E-state index in [-0.39, 0.29) is 24.4 Å². The minimum atomic E-state index is -0.987. The van der Waals surface area contributed by atoms with E-state index in [0.717, 1.165) is 0 Å². The molecule has 0 aliphatic rings. The Kier molecular flexibility index (Phi) is 5.83. The fourth-order valence-corrected chi connectivity index (χ4v) is 2.20. The molecule has 0 spiro atoms. The maximum Gasteiger partial charge on any atom is 0.305 e. The van der Waals surface area contributed by atoms with E-state index in [1.54, 1.807) is 19.9 Å². The summed E-state index contributed by atoms with van der Waals surface area (Å²) in [7, 11) is 0. The van der Waals surface area contributed by atoms with Crippen LogP contribution in [0.2, 0.25) is 0 Å². The number of aliphatic carboxylic acids is 1. The molecule has 0 aliphatic heterocycles. The van der Waals surface area contributed by atoms with E-state index < -0.39 is 16.9 Å². The summed E-state index contributed by atoms with van der Waals surface area (Å²) >= 11 is 0. The van der Waals surface area contributed by atoms with Gasteiger partial charge in [-0.25, -0.2) is 0 Å². The lowest BCUT2D eigenvalue weighted by molar-refractivity contribution is -0.385. The number of nitrogens with zero attached hydrogens (tertiary/aromatic N) is 2. The monoisotopic (exact) mass is 294 g/mol. The van der Waals surface area contributed by atoms with Gasteiger partial charge in [0, 0.05) is 24.2 Å². The van der Waals surface area contributed by atoms with Gasteiger partial charge in [-0.1, -0.05) is 18.2 Å². The van der Waals surface area contributed by atoms with Crippen LogP contribution in [0.4, 0.5) is 5.69 Å². The smallest absolute Gasteiger partial charge is 0.305 e. The van der Waals surface area contributed by atoms with Crippen LogP contribution in [0.25, 0.3) is 0 Å². The second-order valence-electron chi connectivity index (χ2n) is 4.69. The van der Waals surface area contributed by atoms with Crippen LogP contribution >= 0.6 is 0 Å². The molecule has 1 aromatic carbocycles. The van der Waals surface area contributed by atoms with Gasteiger partial charge in [0.2, 0.25) is 5.91 Å². The standard InChI is InChI=1S/C14H18N2O5/c1-3-15(10(2)8-14(18)19)13(17)9-11-6-4-5-7-12(11)16(20)21/h4-7,10H,3,8-9H2,1-2H3,(H,18,19). The van der Waals surface area contributed by atoms with Gasteiger partial charge in [-0.05, 0) is 13.8 Å². The Labute approximate surface area is 122 Å².